The van der Waals surface area contributed by atoms with Crippen molar-refractivity contribution in [3.05, 3.63) is 46.8 Å². The van der Waals surface area contributed by atoms with Crippen LogP contribution < -0.4 is 5.32 Å². The van der Waals surface area contributed by atoms with Crippen LogP contribution in [0.15, 0.2) is 35.3 Å². The number of H-pyrrole nitrogens is 1. The number of hydrogen-bond donors (Lipinski definition) is 2. The standard InChI is InChI=1S/C13H12N4OS2/c1-8(11-14-4-5-15-11)16-12(18)9-7-20-13(17-9)10-3-2-6-19-10/h2-8H,1H3,(H,14,15)(H,16,18). The van der Waals surface area contributed by atoms with Gasteiger partial charge in [-0.05, 0) is 18.4 Å². The first kappa shape index (κ1) is 13.0. The molecular weight excluding hydrogens is 292 g/mol. The highest BCUT2D eigenvalue weighted by Crippen LogP contribution is 2.27. The van der Waals surface area contributed by atoms with Gasteiger partial charge in [0.25, 0.3) is 5.91 Å². The zero-order chi connectivity index (χ0) is 13.9. The molecular formula is C13H12N4OS2. The Balaban J connectivity index is 1.72. The normalized spacial score (nSPS) is 12.2. The number of carbonyl (C=O) groups is 1. The summed E-state index contributed by atoms with van der Waals surface area (Å²) in [5, 5.41) is 7.52. The van der Waals surface area contributed by atoms with E-state index in [0.717, 1.165) is 15.7 Å². The summed E-state index contributed by atoms with van der Waals surface area (Å²) in [5.41, 5.74) is 0.441. The lowest BCUT2D eigenvalue weighted by Gasteiger charge is -2.09. The molecule has 3 aromatic heterocycles. The maximum Gasteiger partial charge on any atom is 0.271 e. The van der Waals surface area contributed by atoms with Crippen molar-refractivity contribution in [3.8, 4) is 9.88 Å². The molecule has 0 aliphatic rings. The number of imidazole rings is 1. The third-order valence-electron chi connectivity index (χ3n) is 2.75. The minimum absolute atomic E-state index is 0.176. The second kappa shape index (κ2) is 5.56. The number of hydrogen-bond acceptors (Lipinski definition) is 5. The number of nitrogens with one attached hydrogen (secondary N) is 2. The van der Waals surface area contributed by atoms with Crippen LogP contribution in [0.1, 0.15) is 29.3 Å². The van der Waals surface area contributed by atoms with Crippen LogP contribution in [0.5, 0.6) is 0 Å². The van der Waals surface area contributed by atoms with E-state index in [1.165, 1.54) is 11.3 Å². The molecule has 7 heteroatoms. The van der Waals surface area contributed by atoms with Crippen molar-refractivity contribution in [2.75, 3.05) is 0 Å². The molecule has 1 atom stereocenters. The molecule has 5 nitrogen and oxygen atoms in total. The lowest BCUT2D eigenvalue weighted by molar-refractivity contribution is 0.0934. The van der Waals surface area contributed by atoms with Gasteiger partial charge in [0.1, 0.15) is 16.5 Å². The lowest BCUT2D eigenvalue weighted by Crippen LogP contribution is -2.27. The zero-order valence-corrected chi connectivity index (χ0v) is 12.3. The largest absolute Gasteiger partial charge is 0.347 e. The molecule has 0 aliphatic carbocycles. The van der Waals surface area contributed by atoms with Gasteiger partial charge in [-0.25, -0.2) is 9.97 Å². The van der Waals surface area contributed by atoms with Gasteiger partial charge < -0.3 is 10.3 Å². The highest BCUT2D eigenvalue weighted by molar-refractivity contribution is 7.20. The van der Waals surface area contributed by atoms with Crippen LogP contribution in [-0.2, 0) is 0 Å². The Hall–Kier alpha value is -1.99. The fraction of sp³-hybridized carbons (Fsp3) is 0.154. The SMILES string of the molecule is CC(NC(=O)c1csc(-c2cccs2)n1)c1ncc[nH]1. The molecule has 0 fully saturated rings. The van der Waals surface area contributed by atoms with Crippen molar-refractivity contribution in [2.24, 2.45) is 0 Å². The molecule has 20 heavy (non-hydrogen) atoms. The van der Waals surface area contributed by atoms with Crippen LogP contribution in [0.25, 0.3) is 9.88 Å². The monoisotopic (exact) mass is 304 g/mol. The summed E-state index contributed by atoms with van der Waals surface area (Å²) in [6.45, 7) is 1.88. The van der Waals surface area contributed by atoms with Gasteiger partial charge in [0, 0.05) is 17.8 Å². The molecule has 102 valence electrons. The highest BCUT2D eigenvalue weighted by Gasteiger charge is 2.16. The number of thiophene rings is 1. The fourth-order valence-corrected chi connectivity index (χ4v) is 3.36. The summed E-state index contributed by atoms with van der Waals surface area (Å²) in [4.78, 5) is 24.7. The minimum Gasteiger partial charge on any atom is -0.347 e. The molecule has 0 aliphatic heterocycles. The number of aromatic amines is 1. The number of aromatic nitrogens is 3. The first-order valence-corrected chi connectivity index (χ1v) is 7.79. The van der Waals surface area contributed by atoms with Crippen molar-refractivity contribution in [2.45, 2.75) is 13.0 Å². The van der Waals surface area contributed by atoms with Crippen molar-refractivity contribution >= 4 is 28.6 Å². The predicted molar refractivity (Wildman–Crippen MR) is 79.9 cm³/mol. The molecule has 0 bridgehead atoms. The first-order chi connectivity index (χ1) is 9.74. The van der Waals surface area contributed by atoms with Gasteiger partial charge in [-0.1, -0.05) is 6.07 Å². The smallest absolute Gasteiger partial charge is 0.271 e. The topological polar surface area (TPSA) is 70.7 Å². The maximum atomic E-state index is 12.1. The van der Waals surface area contributed by atoms with Gasteiger partial charge >= 0.3 is 0 Å². The van der Waals surface area contributed by atoms with Gasteiger partial charge in [-0.2, -0.15) is 0 Å². The van der Waals surface area contributed by atoms with Crippen molar-refractivity contribution < 1.29 is 4.79 Å². The summed E-state index contributed by atoms with van der Waals surface area (Å²) in [6.07, 6.45) is 3.39. The van der Waals surface area contributed by atoms with Crippen LogP contribution in [0.4, 0.5) is 0 Å². The fourth-order valence-electron chi connectivity index (χ4n) is 1.74. The molecule has 2 N–H and O–H groups in total. The molecule has 0 spiro atoms. The molecule has 0 radical (unpaired) electrons. The average Bonchev–Trinajstić information content (AvgIpc) is 3.19. The van der Waals surface area contributed by atoms with E-state index in [9.17, 15) is 4.79 Å². The molecule has 3 rings (SSSR count). The highest BCUT2D eigenvalue weighted by atomic mass is 32.1. The Bertz CT molecular complexity index is 688. The molecule has 1 amide bonds. The van der Waals surface area contributed by atoms with E-state index in [-0.39, 0.29) is 11.9 Å². The number of amides is 1. The van der Waals surface area contributed by atoms with Crippen LogP contribution >= 0.6 is 22.7 Å². The average molecular weight is 304 g/mol. The van der Waals surface area contributed by atoms with Crippen molar-refractivity contribution in [1.82, 2.24) is 20.3 Å². The zero-order valence-electron chi connectivity index (χ0n) is 10.7. The van der Waals surface area contributed by atoms with Crippen molar-refractivity contribution in [1.29, 1.82) is 0 Å². The van der Waals surface area contributed by atoms with E-state index >= 15 is 0 Å². The molecule has 0 saturated carbocycles. The summed E-state index contributed by atoms with van der Waals surface area (Å²) in [6, 6.07) is 3.79. The van der Waals surface area contributed by atoms with Crippen LogP contribution in [0.3, 0.4) is 0 Å². The Morgan fingerprint density at radius 2 is 2.35 bits per heavy atom. The number of rotatable bonds is 4. The molecule has 0 saturated heterocycles. The summed E-state index contributed by atoms with van der Waals surface area (Å²) in [7, 11) is 0. The molecule has 1 unspecified atom stereocenters. The van der Waals surface area contributed by atoms with E-state index in [2.05, 4.69) is 20.3 Å². The van der Waals surface area contributed by atoms with Gasteiger partial charge in [-0.3, -0.25) is 4.79 Å². The second-order valence-corrected chi connectivity index (χ2v) is 5.99. The third kappa shape index (κ3) is 2.63. The van der Waals surface area contributed by atoms with Crippen molar-refractivity contribution in [3.63, 3.8) is 0 Å². The lowest BCUT2D eigenvalue weighted by atomic mass is 10.3. The summed E-state index contributed by atoms with van der Waals surface area (Å²) in [5.74, 6) is 0.542. The maximum absolute atomic E-state index is 12.1. The first-order valence-electron chi connectivity index (χ1n) is 6.03. The predicted octanol–water partition coefficient (Wildman–Crippen LogP) is 3.09. The van der Waals surface area contributed by atoms with Gasteiger partial charge in [-0.15, -0.1) is 22.7 Å². The quantitative estimate of drug-likeness (QED) is 0.778. The summed E-state index contributed by atoms with van der Waals surface area (Å²) >= 11 is 3.09. The van der Waals surface area contributed by atoms with E-state index in [4.69, 9.17) is 0 Å². The van der Waals surface area contributed by atoms with Gasteiger partial charge in [0.2, 0.25) is 0 Å². The van der Waals surface area contributed by atoms with E-state index in [1.807, 2.05) is 24.4 Å². The Kier molecular flexibility index (Phi) is 3.62. The van der Waals surface area contributed by atoms with Gasteiger partial charge in [0.15, 0.2) is 0 Å². The third-order valence-corrected chi connectivity index (χ3v) is 4.63. The number of thiazole rings is 1. The van der Waals surface area contributed by atoms with E-state index in [0.29, 0.717) is 5.69 Å². The van der Waals surface area contributed by atoms with E-state index < -0.39 is 0 Å². The second-order valence-electron chi connectivity index (χ2n) is 4.18. The van der Waals surface area contributed by atoms with Crippen LogP contribution in [0, 0.1) is 0 Å². The molecule has 3 heterocycles. The Morgan fingerprint density at radius 3 is 3.05 bits per heavy atom. The summed E-state index contributed by atoms with van der Waals surface area (Å²) < 4.78 is 0. The molecule has 0 aromatic carbocycles. The Labute approximate surface area is 123 Å². The molecule has 3 aromatic rings. The Morgan fingerprint density at radius 1 is 1.45 bits per heavy atom. The number of carbonyl (C=O) groups excluding carboxylic acids is 1. The van der Waals surface area contributed by atoms with Crippen LogP contribution in [0.2, 0.25) is 0 Å². The van der Waals surface area contributed by atoms with E-state index in [1.54, 1.807) is 29.1 Å². The number of nitrogens with zero attached hydrogens (tertiary/aromatic N) is 2. The van der Waals surface area contributed by atoms with Gasteiger partial charge in [0.05, 0.1) is 10.9 Å². The minimum atomic E-state index is -0.187. The van der Waals surface area contributed by atoms with Crippen LogP contribution in [-0.4, -0.2) is 20.9 Å².